The first kappa shape index (κ1) is 17.8. The Morgan fingerprint density at radius 3 is 2.58 bits per heavy atom. The number of ether oxygens (including phenoxy) is 1. The van der Waals surface area contributed by atoms with Crippen molar-refractivity contribution in [1.82, 2.24) is 10.3 Å². The molecule has 0 aliphatic carbocycles. The molecule has 0 saturated carbocycles. The van der Waals surface area contributed by atoms with E-state index in [1.165, 1.54) is 0 Å². The van der Waals surface area contributed by atoms with Gasteiger partial charge in [0.1, 0.15) is 11.5 Å². The van der Waals surface area contributed by atoms with Crippen LogP contribution in [0.4, 0.5) is 10.5 Å². The molecule has 2 amide bonds. The molecule has 1 heterocycles. The summed E-state index contributed by atoms with van der Waals surface area (Å²) in [7, 11) is 0. The van der Waals surface area contributed by atoms with Gasteiger partial charge in [-0.3, -0.25) is 4.98 Å². The Morgan fingerprint density at radius 2 is 1.81 bits per heavy atom. The third-order valence-corrected chi connectivity index (χ3v) is 3.91. The van der Waals surface area contributed by atoms with Gasteiger partial charge in [-0.1, -0.05) is 29.8 Å². The van der Waals surface area contributed by atoms with E-state index in [0.717, 1.165) is 5.56 Å². The van der Waals surface area contributed by atoms with Gasteiger partial charge in [-0.15, -0.1) is 0 Å². The van der Waals surface area contributed by atoms with Crippen molar-refractivity contribution in [3.05, 3.63) is 83.6 Å². The minimum atomic E-state index is -0.305. The number of benzene rings is 2. The Kier molecular flexibility index (Phi) is 5.71. The second kappa shape index (κ2) is 8.36. The van der Waals surface area contributed by atoms with Crippen LogP contribution in [-0.4, -0.2) is 11.0 Å². The zero-order chi connectivity index (χ0) is 18.4. The SMILES string of the molecule is CC(NC(=O)Nc1cccc(Cl)c1)c1cccc(Oc2ccncc2)c1. The van der Waals surface area contributed by atoms with Gasteiger partial charge in [-0.25, -0.2) is 4.79 Å². The van der Waals surface area contributed by atoms with Gasteiger partial charge in [0.2, 0.25) is 0 Å². The number of urea groups is 1. The molecule has 1 atom stereocenters. The van der Waals surface area contributed by atoms with Crippen molar-refractivity contribution in [3.8, 4) is 11.5 Å². The summed E-state index contributed by atoms with van der Waals surface area (Å²) in [5.41, 5.74) is 1.56. The maximum Gasteiger partial charge on any atom is 0.319 e. The van der Waals surface area contributed by atoms with E-state index in [4.69, 9.17) is 16.3 Å². The zero-order valence-electron chi connectivity index (χ0n) is 14.1. The Morgan fingerprint density at radius 1 is 1.04 bits per heavy atom. The van der Waals surface area contributed by atoms with Crippen LogP contribution < -0.4 is 15.4 Å². The summed E-state index contributed by atoms with van der Waals surface area (Å²) >= 11 is 5.92. The Hall–Kier alpha value is -3.05. The molecule has 1 aromatic heterocycles. The number of rotatable bonds is 5. The van der Waals surface area contributed by atoms with Gasteiger partial charge in [0, 0.05) is 23.1 Å². The van der Waals surface area contributed by atoms with Crippen molar-refractivity contribution >= 4 is 23.3 Å². The molecule has 6 heteroatoms. The number of halogens is 1. The van der Waals surface area contributed by atoms with Crippen LogP contribution in [0.2, 0.25) is 5.02 Å². The summed E-state index contributed by atoms with van der Waals surface area (Å²) in [5.74, 6) is 1.40. The average Bonchev–Trinajstić information content (AvgIpc) is 2.62. The molecular weight excluding hydrogens is 350 g/mol. The standard InChI is InChI=1S/C20H18ClN3O2/c1-14(23-20(25)24-17-6-3-5-16(21)13-17)15-4-2-7-19(12-15)26-18-8-10-22-11-9-18/h2-14H,1H3,(H2,23,24,25). The van der Waals surface area contributed by atoms with Gasteiger partial charge >= 0.3 is 6.03 Å². The number of nitrogens with one attached hydrogen (secondary N) is 2. The van der Waals surface area contributed by atoms with Crippen LogP contribution in [-0.2, 0) is 0 Å². The van der Waals surface area contributed by atoms with Crippen LogP contribution in [0.15, 0.2) is 73.1 Å². The summed E-state index contributed by atoms with van der Waals surface area (Å²) in [6.07, 6.45) is 3.34. The van der Waals surface area contributed by atoms with Crippen LogP contribution in [0.1, 0.15) is 18.5 Å². The fourth-order valence-electron chi connectivity index (χ4n) is 2.40. The molecule has 132 valence electrons. The fourth-order valence-corrected chi connectivity index (χ4v) is 2.59. The number of pyridine rings is 1. The fraction of sp³-hybridized carbons (Fsp3) is 0.100. The minimum absolute atomic E-state index is 0.199. The van der Waals surface area contributed by atoms with Crippen LogP contribution in [0.3, 0.4) is 0 Å². The van der Waals surface area contributed by atoms with Crippen molar-refractivity contribution in [2.45, 2.75) is 13.0 Å². The lowest BCUT2D eigenvalue weighted by Crippen LogP contribution is -2.31. The second-order valence-corrected chi connectivity index (χ2v) is 6.12. The molecule has 0 fully saturated rings. The Balaban J connectivity index is 1.63. The maximum absolute atomic E-state index is 12.2. The van der Waals surface area contributed by atoms with Crippen molar-refractivity contribution in [2.75, 3.05) is 5.32 Å². The third-order valence-electron chi connectivity index (χ3n) is 3.67. The molecule has 3 aromatic rings. The molecule has 2 aromatic carbocycles. The topological polar surface area (TPSA) is 63.2 Å². The Bertz CT molecular complexity index is 887. The second-order valence-electron chi connectivity index (χ2n) is 5.69. The van der Waals surface area contributed by atoms with E-state index < -0.39 is 0 Å². The van der Waals surface area contributed by atoms with E-state index in [0.29, 0.717) is 22.2 Å². The quantitative estimate of drug-likeness (QED) is 0.633. The van der Waals surface area contributed by atoms with Crippen molar-refractivity contribution in [2.24, 2.45) is 0 Å². The molecule has 5 nitrogen and oxygen atoms in total. The van der Waals surface area contributed by atoms with Gasteiger partial charge in [0.25, 0.3) is 0 Å². The largest absolute Gasteiger partial charge is 0.457 e. The summed E-state index contributed by atoms with van der Waals surface area (Å²) in [6, 6.07) is 17.6. The number of aromatic nitrogens is 1. The number of hydrogen-bond acceptors (Lipinski definition) is 3. The van der Waals surface area contributed by atoms with Gasteiger partial charge in [-0.05, 0) is 55.0 Å². The normalized spacial score (nSPS) is 11.5. The number of carbonyl (C=O) groups excluding carboxylic acids is 1. The average molecular weight is 368 g/mol. The highest BCUT2D eigenvalue weighted by Gasteiger charge is 2.11. The summed E-state index contributed by atoms with van der Waals surface area (Å²) in [6.45, 7) is 1.91. The number of nitrogens with zero attached hydrogens (tertiary/aromatic N) is 1. The van der Waals surface area contributed by atoms with E-state index >= 15 is 0 Å². The van der Waals surface area contributed by atoms with Crippen molar-refractivity contribution in [3.63, 3.8) is 0 Å². The number of anilines is 1. The molecule has 0 radical (unpaired) electrons. The first-order valence-corrected chi connectivity index (χ1v) is 8.49. The van der Waals surface area contributed by atoms with Gasteiger partial charge in [0.15, 0.2) is 0 Å². The molecule has 1 unspecified atom stereocenters. The van der Waals surface area contributed by atoms with E-state index in [9.17, 15) is 4.79 Å². The third kappa shape index (κ3) is 4.97. The lowest BCUT2D eigenvalue weighted by molar-refractivity contribution is 0.249. The smallest absolute Gasteiger partial charge is 0.319 e. The van der Waals surface area contributed by atoms with Crippen LogP contribution >= 0.6 is 11.6 Å². The van der Waals surface area contributed by atoms with E-state index in [1.807, 2.05) is 31.2 Å². The predicted octanol–water partition coefficient (Wildman–Crippen LogP) is 5.41. The molecule has 3 rings (SSSR count). The van der Waals surface area contributed by atoms with Crippen LogP contribution in [0.5, 0.6) is 11.5 Å². The predicted molar refractivity (Wildman–Crippen MR) is 103 cm³/mol. The van der Waals surface area contributed by atoms with Crippen molar-refractivity contribution in [1.29, 1.82) is 0 Å². The molecular formula is C20H18ClN3O2. The number of hydrogen-bond donors (Lipinski definition) is 2. The molecule has 26 heavy (non-hydrogen) atoms. The molecule has 2 N–H and O–H groups in total. The first-order valence-electron chi connectivity index (χ1n) is 8.11. The van der Waals surface area contributed by atoms with Gasteiger partial charge in [-0.2, -0.15) is 0 Å². The first-order chi connectivity index (χ1) is 12.6. The Labute approximate surface area is 157 Å². The summed E-state index contributed by atoms with van der Waals surface area (Å²) < 4.78 is 5.80. The van der Waals surface area contributed by atoms with Crippen LogP contribution in [0.25, 0.3) is 0 Å². The lowest BCUT2D eigenvalue weighted by Gasteiger charge is -2.16. The van der Waals surface area contributed by atoms with Gasteiger partial charge < -0.3 is 15.4 Å². The maximum atomic E-state index is 12.2. The van der Waals surface area contributed by atoms with Crippen molar-refractivity contribution < 1.29 is 9.53 Å². The van der Waals surface area contributed by atoms with E-state index in [1.54, 1.807) is 48.8 Å². The van der Waals surface area contributed by atoms with Crippen LogP contribution in [0, 0.1) is 0 Å². The molecule has 0 aliphatic rings. The minimum Gasteiger partial charge on any atom is -0.457 e. The molecule has 0 aliphatic heterocycles. The number of carbonyl (C=O) groups is 1. The highest BCUT2D eigenvalue weighted by Crippen LogP contribution is 2.24. The highest BCUT2D eigenvalue weighted by atomic mass is 35.5. The summed E-state index contributed by atoms with van der Waals surface area (Å²) in [4.78, 5) is 16.1. The van der Waals surface area contributed by atoms with Gasteiger partial charge in [0.05, 0.1) is 6.04 Å². The molecule has 0 bridgehead atoms. The van der Waals surface area contributed by atoms with E-state index in [2.05, 4.69) is 15.6 Å². The lowest BCUT2D eigenvalue weighted by atomic mass is 10.1. The monoisotopic (exact) mass is 367 g/mol. The summed E-state index contributed by atoms with van der Waals surface area (Å²) in [5, 5.41) is 6.23. The molecule has 0 spiro atoms. The number of amides is 2. The van der Waals surface area contributed by atoms with E-state index in [-0.39, 0.29) is 12.1 Å². The molecule has 0 saturated heterocycles. The zero-order valence-corrected chi connectivity index (χ0v) is 14.9. The highest BCUT2D eigenvalue weighted by molar-refractivity contribution is 6.30.